The average Bonchev–Trinajstić information content (AvgIpc) is 2.83. The molecule has 0 aromatic heterocycles. The molecule has 4 nitrogen and oxygen atoms in total. The van der Waals surface area contributed by atoms with Crippen LogP contribution in [-0.2, 0) is 23.2 Å². The molecule has 5 heteroatoms. The molecule has 0 atom stereocenters. The maximum absolute atomic E-state index is 14.7. The minimum Gasteiger partial charge on any atom is -0.497 e. The minimum absolute atomic E-state index is 0.0831. The second-order valence-corrected chi connectivity index (χ2v) is 9.26. The lowest BCUT2D eigenvalue weighted by atomic mass is 9.81. The second kappa shape index (κ2) is 12.4. The molecule has 0 aliphatic heterocycles. The van der Waals surface area contributed by atoms with Gasteiger partial charge in [0, 0.05) is 12.0 Å². The standard InChI is InChI=1S/C28H31FO4.C2H6/c1-18-6-7-19(9-13-27(30)31)15-26(18)33-17-20-8-11-22(24(14-20)28(2,3)4)23-16-21(32-5)10-12-25(23)29;1-2/h6-8,10-12,14-16H,9,13,17H2,1-5H3,(H,30,31);1-2H3. The van der Waals surface area contributed by atoms with Gasteiger partial charge in [-0.2, -0.15) is 0 Å². The third kappa shape index (κ3) is 7.57. The van der Waals surface area contributed by atoms with Crippen LogP contribution in [0.1, 0.15) is 63.3 Å². The summed E-state index contributed by atoms with van der Waals surface area (Å²) in [7, 11) is 1.57. The Balaban J connectivity index is 0.00000210. The first kappa shape index (κ1) is 27.9. The number of ether oxygens (including phenoxy) is 2. The molecule has 0 aliphatic carbocycles. The van der Waals surface area contributed by atoms with E-state index in [-0.39, 0.29) is 17.7 Å². The zero-order valence-corrected chi connectivity index (χ0v) is 21.9. The average molecular weight is 481 g/mol. The predicted molar refractivity (Wildman–Crippen MR) is 140 cm³/mol. The third-order valence-corrected chi connectivity index (χ3v) is 5.63. The van der Waals surface area contributed by atoms with Gasteiger partial charge in [-0.15, -0.1) is 0 Å². The molecule has 0 bridgehead atoms. The highest BCUT2D eigenvalue weighted by Crippen LogP contribution is 2.37. The van der Waals surface area contributed by atoms with Gasteiger partial charge in [0.15, 0.2) is 0 Å². The summed E-state index contributed by atoms with van der Waals surface area (Å²) in [6.45, 7) is 12.6. The van der Waals surface area contributed by atoms with E-state index in [9.17, 15) is 9.18 Å². The highest BCUT2D eigenvalue weighted by atomic mass is 19.1. The highest BCUT2D eigenvalue weighted by Gasteiger charge is 2.21. The molecule has 35 heavy (non-hydrogen) atoms. The van der Waals surface area contributed by atoms with Gasteiger partial charge in [-0.3, -0.25) is 4.79 Å². The number of aryl methyl sites for hydroxylation is 2. The number of hydrogen-bond acceptors (Lipinski definition) is 3. The summed E-state index contributed by atoms with van der Waals surface area (Å²) in [4.78, 5) is 10.9. The van der Waals surface area contributed by atoms with Crippen molar-refractivity contribution in [2.45, 2.75) is 66.4 Å². The molecular weight excluding hydrogens is 443 g/mol. The van der Waals surface area contributed by atoms with E-state index in [2.05, 4.69) is 26.8 Å². The monoisotopic (exact) mass is 480 g/mol. The molecule has 0 saturated carbocycles. The maximum Gasteiger partial charge on any atom is 0.303 e. The molecule has 0 aliphatic rings. The van der Waals surface area contributed by atoms with Crippen LogP contribution in [0.4, 0.5) is 4.39 Å². The number of rotatable bonds is 8. The van der Waals surface area contributed by atoms with E-state index in [4.69, 9.17) is 14.6 Å². The van der Waals surface area contributed by atoms with E-state index in [1.165, 1.54) is 6.07 Å². The summed E-state index contributed by atoms with van der Waals surface area (Å²) in [5.41, 5.74) is 5.03. The zero-order chi connectivity index (χ0) is 26.2. The molecule has 0 unspecified atom stereocenters. The van der Waals surface area contributed by atoms with Gasteiger partial charge in [-0.1, -0.05) is 65.0 Å². The summed E-state index contributed by atoms with van der Waals surface area (Å²) in [6, 6.07) is 16.5. The van der Waals surface area contributed by atoms with Crippen LogP contribution < -0.4 is 9.47 Å². The van der Waals surface area contributed by atoms with Crippen molar-refractivity contribution in [2.75, 3.05) is 7.11 Å². The van der Waals surface area contributed by atoms with Gasteiger partial charge in [0.25, 0.3) is 0 Å². The van der Waals surface area contributed by atoms with Gasteiger partial charge in [-0.05, 0) is 70.8 Å². The van der Waals surface area contributed by atoms with Crippen LogP contribution in [0.3, 0.4) is 0 Å². The number of carbonyl (C=O) groups is 1. The molecule has 188 valence electrons. The first-order valence-electron chi connectivity index (χ1n) is 12.0. The number of hydrogen-bond donors (Lipinski definition) is 1. The van der Waals surface area contributed by atoms with Crippen LogP contribution in [0.15, 0.2) is 54.6 Å². The van der Waals surface area contributed by atoms with Crippen LogP contribution in [0.2, 0.25) is 0 Å². The van der Waals surface area contributed by atoms with Gasteiger partial charge >= 0.3 is 5.97 Å². The Morgan fingerprint density at radius 3 is 2.26 bits per heavy atom. The maximum atomic E-state index is 14.7. The normalized spacial score (nSPS) is 10.9. The molecule has 0 saturated heterocycles. The van der Waals surface area contributed by atoms with E-state index in [1.807, 2.05) is 51.1 Å². The van der Waals surface area contributed by atoms with Gasteiger partial charge in [0.2, 0.25) is 0 Å². The third-order valence-electron chi connectivity index (χ3n) is 5.63. The quantitative estimate of drug-likeness (QED) is 0.358. The van der Waals surface area contributed by atoms with E-state index in [1.54, 1.807) is 19.2 Å². The number of carboxylic acids is 1. The van der Waals surface area contributed by atoms with Gasteiger partial charge in [0.1, 0.15) is 23.9 Å². The Morgan fingerprint density at radius 1 is 0.943 bits per heavy atom. The second-order valence-electron chi connectivity index (χ2n) is 9.26. The van der Waals surface area contributed by atoms with Crippen molar-refractivity contribution in [3.8, 4) is 22.6 Å². The van der Waals surface area contributed by atoms with Crippen molar-refractivity contribution in [3.05, 3.63) is 82.7 Å². The topological polar surface area (TPSA) is 55.8 Å². The number of carboxylic acid groups (broad SMARTS) is 1. The Kier molecular flexibility index (Phi) is 9.88. The van der Waals surface area contributed by atoms with Crippen molar-refractivity contribution in [3.63, 3.8) is 0 Å². The van der Waals surface area contributed by atoms with Crippen LogP contribution in [0.25, 0.3) is 11.1 Å². The molecule has 0 radical (unpaired) electrons. The lowest BCUT2D eigenvalue weighted by Crippen LogP contribution is -2.14. The van der Waals surface area contributed by atoms with Crippen molar-refractivity contribution < 1.29 is 23.8 Å². The minimum atomic E-state index is -0.819. The van der Waals surface area contributed by atoms with Crippen LogP contribution in [-0.4, -0.2) is 18.2 Å². The Bertz CT molecular complexity index is 1150. The van der Waals surface area contributed by atoms with Crippen LogP contribution in [0.5, 0.6) is 11.5 Å². The predicted octanol–water partition coefficient (Wildman–Crippen LogP) is 7.73. The number of methoxy groups -OCH3 is 1. The Hall–Kier alpha value is -3.34. The summed E-state index contributed by atoms with van der Waals surface area (Å²) in [5, 5.41) is 8.93. The molecule has 0 amide bonds. The summed E-state index contributed by atoms with van der Waals surface area (Å²) in [5.74, 6) is 0.231. The first-order valence-corrected chi connectivity index (χ1v) is 12.0. The molecule has 3 aromatic rings. The van der Waals surface area contributed by atoms with Crippen molar-refractivity contribution >= 4 is 5.97 Å². The van der Waals surface area contributed by atoms with Crippen molar-refractivity contribution in [2.24, 2.45) is 0 Å². The Labute approximate surface area is 208 Å². The molecule has 0 spiro atoms. The molecule has 3 rings (SSSR count). The highest BCUT2D eigenvalue weighted by molar-refractivity contribution is 5.71. The number of benzene rings is 3. The lowest BCUT2D eigenvalue weighted by molar-refractivity contribution is -0.136. The van der Waals surface area contributed by atoms with Crippen LogP contribution in [0, 0.1) is 12.7 Å². The Morgan fingerprint density at radius 2 is 1.63 bits per heavy atom. The molecular formula is C30H37FO4. The lowest BCUT2D eigenvalue weighted by Gasteiger charge is -2.25. The molecule has 3 aromatic carbocycles. The summed E-state index contributed by atoms with van der Waals surface area (Å²) >= 11 is 0. The molecule has 0 heterocycles. The number of halogens is 1. The number of aliphatic carboxylic acids is 1. The SMILES string of the molecule is CC.COc1ccc(F)c(-c2ccc(COc3cc(CCC(=O)O)ccc3C)cc2C(C)(C)C)c1. The van der Waals surface area contributed by atoms with E-state index in [0.29, 0.717) is 24.3 Å². The van der Waals surface area contributed by atoms with Crippen LogP contribution >= 0.6 is 0 Å². The largest absolute Gasteiger partial charge is 0.497 e. The fourth-order valence-electron chi connectivity index (χ4n) is 3.74. The van der Waals surface area contributed by atoms with Gasteiger partial charge in [0.05, 0.1) is 7.11 Å². The molecule has 0 fully saturated rings. The molecule has 1 N–H and O–H groups in total. The van der Waals surface area contributed by atoms with E-state index in [0.717, 1.165) is 33.6 Å². The van der Waals surface area contributed by atoms with E-state index < -0.39 is 5.97 Å². The van der Waals surface area contributed by atoms with E-state index >= 15 is 0 Å². The first-order chi connectivity index (χ1) is 16.6. The fourth-order valence-corrected chi connectivity index (χ4v) is 3.74. The summed E-state index contributed by atoms with van der Waals surface area (Å²) < 4.78 is 26.1. The van der Waals surface area contributed by atoms with Gasteiger partial charge in [-0.25, -0.2) is 4.39 Å². The zero-order valence-electron chi connectivity index (χ0n) is 21.9. The fraction of sp³-hybridized carbons (Fsp3) is 0.367. The smallest absolute Gasteiger partial charge is 0.303 e. The van der Waals surface area contributed by atoms with Gasteiger partial charge < -0.3 is 14.6 Å². The van der Waals surface area contributed by atoms with Crippen molar-refractivity contribution in [1.29, 1.82) is 0 Å². The van der Waals surface area contributed by atoms with Crippen molar-refractivity contribution in [1.82, 2.24) is 0 Å². The summed E-state index contributed by atoms with van der Waals surface area (Å²) in [6.07, 6.45) is 0.542.